The summed E-state index contributed by atoms with van der Waals surface area (Å²) in [7, 11) is 0. The van der Waals surface area contributed by atoms with Crippen molar-refractivity contribution in [2.24, 2.45) is 5.92 Å². The zero-order chi connectivity index (χ0) is 16.6. The van der Waals surface area contributed by atoms with Crippen LogP contribution in [0.15, 0.2) is 54.6 Å². The van der Waals surface area contributed by atoms with Gasteiger partial charge in [-0.3, -0.25) is 4.79 Å². The van der Waals surface area contributed by atoms with E-state index in [2.05, 4.69) is 29.6 Å². The van der Waals surface area contributed by atoms with Gasteiger partial charge in [-0.25, -0.2) is 0 Å². The summed E-state index contributed by atoms with van der Waals surface area (Å²) in [4.78, 5) is 12.8. The summed E-state index contributed by atoms with van der Waals surface area (Å²) in [5.74, 6) is 0.117. The minimum absolute atomic E-state index is 0.0373. The van der Waals surface area contributed by atoms with Crippen molar-refractivity contribution in [1.29, 1.82) is 0 Å². The van der Waals surface area contributed by atoms with Gasteiger partial charge in [-0.05, 0) is 42.4 Å². The molecule has 0 radical (unpaired) electrons. The van der Waals surface area contributed by atoms with E-state index in [-0.39, 0.29) is 29.9 Å². The van der Waals surface area contributed by atoms with Crippen molar-refractivity contribution in [2.45, 2.75) is 37.1 Å². The molecule has 0 aliphatic heterocycles. The quantitative estimate of drug-likeness (QED) is 0.909. The molecule has 1 saturated carbocycles. The molecule has 4 rings (SSSR count). The van der Waals surface area contributed by atoms with Crippen LogP contribution in [0.4, 0.5) is 0 Å². The van der Waals surface area contributed by atoms with E-state index in [0.717, 1.165) is 31.2 Å². The van der Waals surface area contributed by atoms with Crippen molar-refractivity contribution in [3.8, 4) is 0 Å². The third-order valence-corrected chi connectivity index (χ3v) is 5.72. The van der Waals surface area contributed by atoms with Crippen molar-refractivity contribution in [3.05, 3.63) is 71.3 Å². The van der Waals surface area contributed by atoms with Gasteiger partial charge in [-0.1, -0.05) is 54.6 Å². The van der Waals surface area contributed by atoms with E-state index < -0.39 is 0 Å². The predicted molar refractivity (Wildman–Crippen MR) is 93.6 cm³/mol. The summed E-state index contributed by atoms with van der Waals surface area (Å²) in [6.07, 6.45) is 4.30. The van der Waals surface area contributed by atoms with Crippen LogP contribution in [-0.4, -0.2) is 17.6 Å². The molecule has 0 aromatic heterocycles. The number of amides is 1. The first-order valence-corrected chi connectivity index (χ1v) is 8.79. The maximum absolute atomic E-state index is 12.8. The molecule has 124 valence electrons. The lowest BCUT2D eigenvalue weighted by Crippen LogP contribution is -2.34. The first kappa shape index (κ1) is 15.4. The van der Waals surface area contributed by atoms with Crippen molar-refractivity contribution in [1.82, 2.24) is 5.32 Å². The normalized spacial score (nSPS) is 25.8. The lowest BCUT2D eigenvalue weighted by molar-refractivity contribution is -0.123. The summed E-state index contributed by atoms with van der Waals surface area (Å²) in [6.45, 7) is -0.0773. The zero-order valence-electron chi connectivity index (χ0n) is 13.7. The van der Waals surface area contributed by atoms with Gasteiger partial charge in [0.15, 0.2) is 0 Å². The molecule has 3 atom stereocenters. The molecule has 1 amide bonds. The Bertz CT molecular complexity index is 743. The molecule has 2 aliphatic rings. The number of aryl methyl sites for hydroxylation is 1. The maximum atomic E-state index is 12.8. The number of aliphatic hydroxyl groups excluding tert-OH is 1. The number of hydrogen-bond acceptors (Lipinski definition) is 2. The van der Waals surface area contributed by atoms with Gasteiger partial charge in [0.2, 0.25) is 5.91 Å². The fraction of sp³-hybridized carbons (Fsp3) is 0.381. The molecule has 24 heavy (non-hydrogen) atoms. The minimum Gasteiger partial charge on any atom is -0.394 e. The highest BCUT2D eigenvalue weighted by Crippen LogP contribution is 2.60. The summed E-state index contributed by atoms with van der Waals surface area (Å²) >= 11 is 0. The Labute approximate surface area is 142 Å². The van der Waals surface area contributed by atoms with E-state index in [1.165, 1.54) is 11.1 Å². The number of rotatable bonds is 4. The molecule has 3 nitrogen and oxygen atoms in total. The molecule has 0 bridgehead atoms. The largest absolute Gasteiger partial charge is 0.394 e. The molecule has 1 spiro atoms. The van der Waals surface area contributed by atoms with E-state index in [1.54, 1.807) is 0 Å². The number of carbonyl (C=O) groups excluding carboxylic acids is 1. The summed E-state index contributed by atoms with van der Waals surface area (Å²) in [5, 5.41) is 12.7. The standard InChI is InChI=1S/C21H23NO2/c23-14-19(16-8-2-1-3-9-16)22-20(24)18-13-21(18)12-6-10-15-7-4-5-11-17(15)21/h1-5,7-9,11,18-19,23H,6,10,12-14H2,(H,22,24). The number of benzene rings is 2. The van der Waals surface area contributed by atoms with Crippen LogP contribution in [0.25, 0.3) is 0 Å². The number of carbonyl (C=O) groups is 1. The van der Waals surface area contributed by atoms with Crippen LogP contribution in [0.3, 0.4) is 0 Å². The minimum atomic E-state index is -0.324. The van der Waals surface area contributed by atoms with Crippen LogP contribution in [0.5, 0.6) is 0 Å². The number of fused-ring (bicyclic) bond motifs is 2. The first-order valence-electron chi connectivity index (χ1n) is 8.79. The molecule has 2 aromatic rings. The third kappa shape index (κ3) is 2.53. The fourth-order valence-corrected chi connectivity index (χ4v) is 4.37. The highest BCUT2D eigenvalue weighted by atomic mass is 16.3. The van der Waals surface area contributed by atoms with E-state index in [4.69, 9.17) is 0 Å². The lowest BCUT2D eigenvalue weighted by atomic mass is 9.78. The molecular weight excluding hydrogens is 298 g/mol. The average molecular weight is 321 g/mol. The van der Waals surface area contributed by atoms with Crippen LogP contribution in [0.1, 0.15) is 42.0 Å². The van der Waals surface area contributed by atoms with Gasteiger partial charge >= 0.3 is 0 Å². The molecule has 0 saturated heterocycles. The van der Waals surface area contributed by atoms with Crippen LogP contribution >= 0.6 is 0 Å². The molecule has 2 N–H and O–H groups in total. The Balaban J connectivity index is 1.52. The Morgan fingerprint density at radius 3 is 2.71 bits per heavy atom. The number of hydrogen-bond donors (Lipinski definition) is 2. The molecule has 2 aromatic carbocycles. The SMILES string of the molecule is O=C(NC(CO)c1ccccc1)C1CC12CCCc1ccccc12. The third-order valence-electron chi connectivity index (χ3n) is 5.72. The molecule has 3 heteroatoms. The van der Waals surface area contributed by atoms with Gasteiger partial charge in [0.05, 0.1) is 12.6 Å². The smallest absolute Gasteiger partial charge is 0.224 e. The second kappa shape index (κ2) is 6.06. The highest BCUT2D eigenvalue weighted by Gasteiger charge is 2.60. The maximum Gasteiger partial charge on any atom is 0.224 e. The van der Waals surface area contributed by atoms with E-state index >= 15 is 0 Å². The number of nitrogens with one attached hydrogen (secondary N) is 1. The molecule has 1 fully saturated rings. The van der Waals surface area contributed by atoms with Crippen LogP contribution in [-0.2, 0) is 16.6 Å². The topological polar surface area (TPSA) is 49.3 Å². The van der Waals surface area contributed by atoms with E-state index in [9.17, 15) is 9.90 Å². The Kier molecular flexibility index (Phi) is 3.89. The van der Waals surface area contributed by atoms with Gasteiger partial charge in [0.25, 0.3) is 0 Å². The van der Waals surface area contributed by atoms with Crippen molar-refractivity contribution in [3.63, 3.8) is 0 Å². The van der Waals surface area contributed by atoms with Crippen LogP contribution in [0.2, 0.25) is 0 Å². The Hall–Kier alpha value is -2.13. The highest BCUT2D eigenvalue weighted by molar-refractivity contribution is 5.85. The molecule has 0 heterocycles. The van der Waals surface area contributed by atoms with Gasteiger partial charge < -0.3 is 10.4 Å². The summed E-state index contributed by atoms with van der Waals surface area (Å²) in [5.41, 5.74) is 3.76. The molecule has 2 aliphatic carbocycles. The Morgan fingerprint density at radius 1 is 1.17 bits per heavy atom. The van der Waals surface area contributed by atoms with Crippen LogP contribution in [0, 0.1) is 5.92 Å². The molecular formula is C21H23NO2. The fourth-order valence-electron chi connectivity index (χ4n) is 4.37. The van der Waals surface area contributed by atoms with Gasteiger partial charge in [0, 0.05) is 11.3 Å². The second-order valence-electron chi connectivity index (χ2n) is 7.08. The van der Waals surface area contributed by atoms with Crippen molar-refractivity contribution in [2.75, 3.05) is 6.61 Å². The second-order valence-corrected chi connectivity index (χ2v) is 7.08. The molecule has 3 unspecified atom stereocenters. The van der Waals surface area contributed by atoms with E-state index in [1.807, 2.05) is 30.3 Å². The van der Waals surface area contributed by atoms with Gasteiger partial charge in [0.1, 0.15) is 0 Å². The zero-order valence-corrected chi connectivity index (χ0v) is 13.7. The Morgan fingerprint density at radius 2 is 1.92 bits per heavy atom. The predicted octanol–water partition coefficient (Wildman–Crippen LogP) is 3.13. The van der Waals surface area contributed by atoms with Crippen molar-refractivity contribution < 1.29 is 9.90 Å². The van der Waals surface area contributed by atoms with Gasteiger partial charge in [-0.2, -0.15) is 0 Å². The first-order chi connectivity index (χ1) is 11.7. The monoisotopic (exact) mass is 321 g/mol. The lowest BCUT2D eigenvalue weighted by Gasteiger charge is -2.27. The summed E-state index contributed by atoms with van der Waals surface area (Å²) in [6, 6.07) is 17.9. The van der Waals surface area contributed by atoms with Crippen molar-refractivity contribution >= 4 is 5.91 Å². The average Bonchev–Trinajstić information content (AvgIpc) is 3.35. The summed E-state index contributed by atoms with van der Waals surface area (Å²) < 4.78 is 0. The van der Waals surface area contributed by atoms with E-state index in [0.29, 0.717) is 0 Å². The van der Waals surface area contributed by atoms with Gasteiger partial charge in [-0.15, -0.1) is 0 Å². The number of aliphatic hydroxyl groups is 1. The van der Waals surface area contributed by atoms with Crippen LogP contribution < -0.4 is 5.32 Å².